The second-order valence-corrected chi connectivity index (χ2v) is 5.10. The summed E-state index contributed by atoms with van der Waals surface area (Å²) in [5, 5.41) is 1.50. The monoisotopic (exact) mass is 375 g/mol. The molecule has 0 fully saturated rings. The fourth-order valence-electron chi connectivity index (χ4n) is 2.12. The van der Waals surface area contributed by atoms with Gasteiger partial charge in [-0.1, -0.05) is 30.3 Å². The van der Waals surface area contributed by atoms with Crippen molar-refractivity contribution in [3.8, 4) is 0 Å². The Morgan fingerprint density at radius 1 is 1.00 bits per heavy atom. The van der Waals surface area contributed by atoms with Crippen LogP contribution in [0, 0.1) is 5.92 Å². The minimum absolute atomic E-state index is 0.132. The van der Waals surface area contributed by atoms with Gasteiger partial charge in [0, 0.05) is 12.0 Å². The lowest BCUT2D eigenvalue weighted by Crippen LogP contribution is -2.52. The fourth-order valence-corrected chi connectivity index (χ4v) is 2.12. The minimum atomic E-state index is -5.27. The first-order valence-corrected chi connectivity index (χ1v) is 7.23. The summed E-state index contributed by atoms with van der Waals surface area (Å²) in [5.74, 6) is -7.52. The van der Waals surface area contributed by atoms with Crippen LogP contribution < -0.4 is 5.32 Å². The Hall–Kier alpha value is -2.91. The number of hydrogen-bond acceptors (Lipinski definition) is 6. The molecule has 1 rings (SSSR count). The van der Waals surface area contributed by atoms with Crippen LogP contribution in [0.1, 0.15) is 16.8 Å². The molecule has 0 aliphatic carbocycles. The normalized spacial score (nSPS) is 12.2. The van der Waals surface area contributed by atoms with Crippen LogP contribution in [0.3, 0.4) is 0 Å². The van der Waals surface area contributed by atoms with Gasteiger partial charge in [-0.05, 0) is 0 Å². The number of nitrogens with one attached hydrogen (secondary N) is 1. The lowest BCUT2D eigenvalue weighted by molar-refractivity contribution is -0.176. The molecule has 1 aromatic rings. The maximum Gasteiger partial charge on any atom is 0.471 e. The molecule has 0 bridgehead atoms. The number of carbonyl (C=O) groups excluding carboxylic acids is 4. The number of ketones is 1. The third kappa shape index (κ3) is 5.57. The number of esters is 2. The van der Waals surface area contributed by atoms with Crippen molar-refractivity contribution >= 4 is 23.6 Å². The number of Topliss-reactive ketones (excluding diaryl/α,β-unsaturated/α-hetero) is 1. The second kappa shape index (κ2) is 8.97. The summed E-state index contributed by atoms with van der Waals surface area (Å²) >= 11 is 0. The Labute approximate surface area is 146 Å². The maximum atomic E-state index is 12.6. The van der Waals surface area contributed by atoms with Crippen LogP contribution >= 0.6 is 0 Å². The van der Waals surface area contributed by atoms with Gasteiger partial charge in [0.1, 0.15) is 0 Å². The largest absolute Gasteiger partial charge is 0.471 e. The summed E-state index contributed by atoms with van der Waals surface area (Å²) in [7, 11) is 1.81. The molecule has 1 amide bonds. The number of alkyl halides is 3. The molecule has 0 aromatic heterocycles. The summed E-state index contributed by atoms with van der Waals surface area (Å²) in [6, 6.07) is 5.65. The van der Waals surface area contributed by atoms with Crippen molar-refractivity contribution in [3.63, 3.8) is 0 Å². The molecule has 0 spiro atoms. The minimum Gasteiger partial charge on any atom is -0.468 e. The number of halogens is 3. The van der Waals surface area contributed by atoms with Crippen molar-refractivity contribution < 1.29 is 41.8 Å². The first-order valence-electron chi connectivity index (χ1n) is 7.23. The number of hydrogen-bond donors (Lipinski definition) is 1. The van der Waals surface area contributed by atoms with Crippen molar-refractivity contribution in [1.82, 2.24) is 5.32 Å². The van der Waals surface area contributed by atoms with E-state index in [9.17, 15) is 32.3 Å². The van der Waals surface area contributed by atoms with Gasteiger partial charge in [0.25, 0.3) is 0 Å². The SMILES string of the molecule is COC(=O)C(C(=O)OC)[C@@H](CC(=O)c1ccccc1)NC(=O)C(F)(F)F. The molecule has 1 N–H and O–H groups in total. The van der Waals surface area contributed by atoms with E-state index in [4.69, 9.17) is 0 Å². The third-order valence-electron chi connectivity index (χ3n) is 3.39. The van der Waals surface area contributed by atoms with Crippen LogP contribution in [-0.2, 0) is 23.9 Å². The van der Waals surface area contributed by atoms with Crippen molar-refractivity contribution in [2.24, 2.45) is 5.92 Å². The van der Waals surface area contributed by atoms with Crippen LogP contribution in [0.2, 0.25) is 0 Å². The molecule has 142 valence electrons. The second-order valence-electron chi connectivity index (χ2n) is 5.10. The number of benzene rings is 1. The van der Waals surface area contributed by atoms with Crippen LogP contribution in [0.4, 0.5) is 13.2 Å². The van der Waals surface area contributed by atoms with Crippen LogP contribution in [0.5, 0.6) is 0 Å². The van der Waals surface area contributed by atoms with E-state index in [0.29, 0.717) is 0 Å². The molecule has 0 aliphatic heterocycles. The molecule has 10 heteroatoms. The molecule has 0 radical (unpaired) electrons. The summed E-state index contributed by atoms with van der Waals surface area (Å²) in [4.78, 5) is 47.2. The summed E-state index contributed by atoms with van der Waals surface area (Å²) in [5.41, 5.74) is 0.132. The topological polar surface area (TPSA) is 98.8 Å². The average molecular weight is 375 g/mol. The van der Waals surface area contributed by atoms with E-state index in [0.717, 1.165) is 14.2 Å². The molecular weight excluding hydrogens is 359 g/mol. The van der Waals surface area contributed by atoms with E-state index in [1.165, 1.54) is 29.6 Å². The number of methoxy groups -OCH3 is 2. The Morgan fingerprint density at radius 3 is 1.92 bits per heavy atom. The van der Waals surface area contributed by atoms with Gasteiger partial charge >= 0.3 is 24.0 Å². The van der Waals surface area contributed by atoms with Crippen molar-refractivity contribution in [3.05, 3.63) is 35.9 Å². The van der Waals surface area contributed by atoms with Crippen molar-refractivity contribution in [2.75, 3.05) is 14.2 Å². The molecule has 0 unspecified atom stereocenters. The molecule has 0 aliphatic rings. The zero-order chi connectivity index (χ0) is 19.9. The average Bonchev–Trinajstić information content (AvgIpc) is 2.61. The van der Waals surface area contributed by atoms with Crippen LogP contribution in [0.15, 0.2) is 30.3 Å². The quantitative estimate of drug-likeness (QED) is 0.438. The van der Waals surface area contributed by atoms with E-state index < -0.39 is 48.2 Å². The molecule has 1 atom stereocenters. The standard InChI is InChI=1S/C16H16F3NO6/c1-25-13(22)12(14(23)26-2)10(20-15(24)16(17,18)19)8-11(21)9-6-4-3-5-7-9/h3-7,10,12H,8H2,1-2H3,(H,20,24)/t10-/m1/s1. The Kier molecular flexibility index (Phi) is 7.29. The van der Waals surface area contributed by atoms with Gasteiger partial charge < -0.3 is 14.8 Å². The fraction of sp³-hybridized carbons (Fsp3) is 0.375. The van der Waals surface area contributed by atoms with Gasteiger partial charge in [0.05, 0.1) is 20.3 Å². The Morgan fingerprint density at radius 2 is 1.50 bits per heavy atom. The van der Waals surface area contributed by atoms with Gasteiger partial charge in [-0.2, -0.15) is 13.2 Å². The predicted octanol–water partition coefficient (Wildman–Crippen LogP) is 1.27. The number of carbonyl (C=O) groups is 4. The zero-order valence-electron chi connectivity index (χ0n) is 13.8. The van der Waals surface area contributed by atoms with Crippen molar-refractivity contribution in [2.45, 2.75) is 18.6 Å². The Balaban J connectivity index is 3.18. The Bertz CT molecular complexity index is 658. The molecule has 1 aromatic carbocycles. The lowest BCUT2D eigenvalue weighted by atomic mass is 9.92. The van der Waals surface area contributed by atoms with E-state index >= 15 is 0 Å². The molecule has 0 saturated heterocycles. The third-order valence-corrected chi connectivity index (χ3v) is 3.39. The first-order chi connectivity index (χ1) is 12.1. The predicted molar refractivity (Wildman–Crippen MR) is 80.9 cm³/mol. The first kappa shape index (κ1) is 21.1. The molecule has 26 heavy (non-hydrogen) atoms. The van der Waals surface area contributed by atoms with E-state index in [1.807, 2.05) is 0 Å². The van der Waals surface area contributed by atoms with Gasteiger partial charge in [-0.3, -0.25) is 19.2 Å². The van der Waals surface area contributed by atoms with E-state index in [1.54, 1.807) is 6.07 Å². The number of amides is 1. The van der Waals surface area contributed by atoms with Crippen molar-refractivity contribution in [1.29, 1.82) is 0 Å². The summed E-state index contributed by atoms with van der Waals surface area (Å²) in [6.07, 6.45) is -6.02. The highest BCUT2D eigenvalue weighted by atomic mass is 19.4. The van der Waals surface area contributed by atoms with Crippen LogP contribution in [-0.4, -0.2) is 50.1 Å². The van der Waals surface area contributed by atoms with E-state index in [-0.39, 0.29) is 5.56 Å². The highest BCUT2D eigenvalue weighted by molar-refractivity contribution is 6.00. The van der Waals surface area contributed by atoms with Gasteiger partial charge in [0.15, 0.2) is 11.7 Å². The molecule has 7 nitrogen and oxygen atoms in total. The summed E-state index contributed by atoms with van der Waals surface area (Å²) < 4.78 is 46.5. The van der Waals surface area contributed by atoms with Gasteiger partial charge in [-0.25, -0.2) is 0 Å². The lowest BCUT2D eigenvalue weighted by Gasteiger charge is -2.24. The molecular formula is C16H16F3NO6. The zero-order valence-corrected chi connectivity index (χ0v) is 13.8. The van der Waals surface area contributed by atoms with E-state index in [2.05, 4.69) is 9.47 Å². The van der Waals surface area contributed by atoms with Gasteiger partial charge in [0.2, 0.25) is 0 Å². The van der Waals surface area contributed by atoms with Crippen LogP contribution in [0.25, 0.3) is 0 Å². The van der Waals surface area contributed by atoms with Gasteiger partial charge in [-0.15, -0.1) is 0 Å². The maximum absolute atomic E-state index is 12.6. The highest BCUT2D eigenvalue weighted by Crippen LogP contribution is 2.20. The number of ether oxygens (including phenoxy) is 2. The molecule has 0 heterocycles. The molecule has 0 saturated carbocycles. The summed E-state index contributed by atoms with van der Waals surface area (Å²) in [6.45, 7) is 0. The smallest absolute Gasteiger partial charge is 0.468 e. The highest BCUT2D eigenvalue weighted by Gasteiger charge is 2.45. The number of rotatable bonds is 7.